The summed E-state index contributed by atoms with van der Waals surface area (Å²) >= 11 is 0. The first-order valence-electron chi connectivity index (χ1n) is 6.13. The highest BCUT2D eigenvalue weighted by Gasteiger charge is 2.16. The fourth-order valence-electron chi connectivity index (χ4n) is 2.16. The zero-order valence-corrected chi connectivity index (χ0v) is 10.5. The number of hydrogen-bond acceptors (Lipinski definition) is 4. The Balaban J connectivity index is 2.17. The molecule has 18 heavy (non-hydrogen) atoms. The van der Waals surface area contributed by atoms with Crippen LogP contribution in [0, 0.1) is 11.3 Å². The summed E-state index contributed by atoms with van der Waals surface area (Å²) in [5.74, 6) is -0.655. The quantitative estimate of drug-likeness (QED) is 0.749. The number of likely N-dealkylation sites (N-methyl/N-ethyl adjacent to an activating group) is 1. The van der Waals surface area contributed by atoms with E-state index < -0.39 is 5.92 Å². The Hall–Kier alpha value is -1.86. The van der Waals surface area contributed by atoms with Crippen LogP contribution in [-0.2, 0) is 4.79 Å². The van der Waals surface area contributed by atoms with Crippen LogP contribution in [0.2, 0.25) is 0 Å². The third-order valence-electron chi connectivity index (χ3n) is 3.37. The van der Waals surface area contributed by atoms with Gasteiger partial charge in [0.1, 0.15) is 12.2 Å². The normalized spacial score (nSPS) is 18.1. The second-order valence-corrected chi connectivity index (χ2v) is 4.63. The molecule has 1 aliphatic heterocycles. The van der Waals surface area contributed by atoms with Crippen molar-refractivity contribution >= 4 is 12.0 Å². The third kappa shape index (κ3) is 2.69. The van der Waals surface area contributed by atoms with E-state index in [2.05, 4.69) is 16.8 Å². The van der Waals surface area contributed by atoms with Crippen LogP contribution in [0.15, 0.2) is 24.3 Å². The number of aldehydes is 1. The number of anilines is 1. The highest BCUT2D eigenvalue weighted by molar-refractivity contribution is 5.68. The zero-order chi connectivity index (χ0) is 13.0. The highest BCUT2D eigenvalue weighted by atomic mass is 16.1. The highest BCUT2D eigenvalue weighted by Crippen LogP contribution is 2.21. The minimum absolute atomic E-state index is 0.655. The molecule has 94 valence electrons. The molecule has 1 aromatic rings. The Kier molecular flexibility index (Phi) is 3.96. The van der Waals surface area contributed by atoms with Gasteiger partial charge in [0, 0.05) is 31.9 Å². The van der Waals surface area contributed by atoms with Crippen molar-refractivity contribution in [3.63, 3.8) is 0 Å². The van der Waals surface area contributed by atoms with Crippen molar-refractivity contribution in [3.8, 4) is 6.07 Å². The number of benzene rings is 1. The second-order valence-electron chi connectivity index (χ2n) is 4.63. The van der Waals surface area contributed by atoms with Gasteiger partial charge in [0.15, 0.2) is 0 Å². The molecule has 1 atom stereocenters. The van der Waals surface area contributed by atoms with Gasteiger partial charge in [-0.05, 0) is 24.7 Å². The van der Waals surface area contributed by atoms with Gasteiger partial charge in [0.25, 0.3) is 0 Å². The molecule has 0 saturated carbocycles. The maximum absolute atomic E-state index is 10.8. The summed E-state index contributed by atoms with van der Waals surface area (Å²) in [5, 5.41) is 8.91. The molecule has 0 bridgehead atoms. The van der Waals surface area contributed by atoms with Crippen molar-refractivity contribution in [3.05, 3.63) is 29.8 Å². The topological polar surface area (TPSA) is 47.3 Å². The number of carbonyl (C=O) groups excluding carboxylic acids is 1. The van der Waals surface area contributed by atoms with E-state index in [9.17, 15) is 4.79 Å². The van der Waals surface area contributed by atoms with Crippen LogP contribution in [0.1, 0.15) is 11.5 Å². The number of piperazine rings is 1. The summed E-state index contributed by atoms with van der Waals surface area (Å²) in [4.78, 5) is 15.4. The molecule has 1 unspecified atom stereocenters. The van der Waals surface area contributed by atoms with E-state index in [4.69, 9.17) is 5.26 Å². The molecule has 0 aliphatic carbocycles. The molecule has 1 saturated heterocycles. The van der Waals surface area contributed by atoms with Crippen LogP contribution >= 0.6 is 0 Å². The summed E-state index contributed by atoms with van der Waals surface area (Å²) < 4.78 is 0. The van der Waals surface area contributed by atoms with E-state index in [0.29, 0.717) is 6.29 Å². The summed E-state index contributed by atoms with van der Waals surface area (Å²) in [5.41, 5.74) is 1.88. The molecule has 1 aliphatic rings. The molecule has 1 aromatic carbocycles. The van der Waals surface area contributed by atoms with Crippen molar-refractivity contribution in [2.45, 2.75) is 5.92 Å². The maximum atomic E-state index is 10.8. The molecule has 1 heterocycles. The van der Waals surface area contributed by atoms with Crippen LogP contribution in [0.25, 0.3) is 0 Å². The molecule has 0 spiro atoms. The first-order chi connectivity index (χ1) is 8.74. The van der Waals surface area contributed by atoms with Gasteiger partial charge in [-0.15, -0.1) is 0 Å². The van der Waals surface area contributed by atoms with Gasteiger partial charge in [0.05, 0.1) is 6.07 Å². The third-order valence-corrected chi connectivity index (χ3v) is 3.37. The van der Waals surface area contributed by atoms with Gasteiger partial charge in [-0.3, -0.25) is 0 Å². The molecular weight excluding hydrogens is 226 g/mol. The number of carbonyl (C=O) groups is 1. The standard InChI is InChI=1S/C14H17N3O/c1-16-5-7-17(8-6-16)14-4-2-3-12(9-14)13(10-15)11-18/h2-4,9,11,13H,5-8H2,1H3. The van der Waals surface area contributed by atoms with E-state index >= 15 is 0 Å². The molecule has 4 nitrogen and oxygen atoms in total. The maximum Gasteiger partial charge on any atom is 0.141 e. The predicted octanol–water partition coefficient (Wildman–Crippen LogP) is 1.24. The summed E-state index contributed by atoms with van der Waals surface area (Å²) in [6.07, 6.45) is 0.698. The summed E-state index contributed by atoms with van der Waals surface area (Å²) in [6.45, 7) is 4.05. The average molecular weight is 243 g/mol. The number of nitrogens with zero attached hydrogens (tertiary/aromatic N) is 3. The minimum Gasteiger partial charge on any atom is -0.369 e. The number of nitriles is 1. The lowest BCUT2D eigenvalue weighted by Gasteiger charge is -2.34. The van der Waals surface area contributed by atoms with Crippen LogP contribution in [0.5, 0.6) is 0 Å². The van der Waals surface area contributed by atoms with Gasteiger partial charge in [-0.25, -0.2) is 0 Å². The Morgan fingerprint density at radius 2 is 2.06 bits per heavy atom. The first kappa shape index (κ1) is 12.6. The molecule has 0 N–H and O–H groups in total. The zero-order valence-electron chi connectivity index (χ0n) is 10.5. The van der Waals surface area contributed by atoms with Gasteiger partial charge < -0.3 is 14.6 Å². The predicted molar refractivity (Wildman–Crippen MR) is 70.6 cm³/mol. The smallest absolute Gasteiger partial charge is 0.141 e. The van der Waals surface area contributed by atoms with Crippen molar-refractivity contribution in [1.82, 2.24) is 4.90 Å². The molecule has 4 heteroatoms. The van der Waals surface area contributed by atoms with E-state index in [0.717, 1.165) is 37.4 Å². The average Bonchev–Trinajstić information content (AvgIpc) is 2.41. The molecular formula is C14H17N3O. The second kappa shape index (κ2) is 5.65. The van der Waals surface area contributed by atoms with Crippen molar-refractivity contribution in [2.24, 2.45) is 0 Å². The van der Waals surface area contributed by atoms with Gasteiger partial charge in [0.2, 0.25) is 0 Å². The lowest BCUT2D eigenvalue weighted by Crippen LogP contribution is -2.44. The molecule has 0 aromatic heterocycles. The van der Waals surface area contributed by atoms with Gasteiger partial charge in [-0.2, -0.15) is 5.26 Å². The lowest BCUT2D eigenvalue weighted by molar-refractivity contribution is -0.108. The molecule has 2 rings (SSSR count). The van der Waals surface area contributed by atoms with Crippen LogP contribution in [0.4, 0.5) is 5.69 Å². The van der Waals surface area contributed by atoms with Crippen molar-refractivity contribution < 1.29 is 4.79 Å². The monoisotopic (exact) mass is 243 g/mol. The fourth-order valence-corrected chi connectivity index (χ4v) is 2.16. The Labute approximate surface area is 107 Å². The van der Waals surface area contributed by atoms with Crippen molar-refractivity contribution in [1.29, 1.82) is 5.26 Å². The van der Waals surface area contributed by atoms with Crippen LogP contribution in [0.3, 0.4) is 0 Å². The Morgan fingerprint density at radius 3 is 2.67 bits per heavy atom. The Morgan fingerprint density at radius 1 is 1.33 bits per heavy atom. The number of rotatable bonds is 3. The van der Waals surface area contributed by atoms with Gasteiger partial charge in [-0.1, -0.05) is 12.1 Å². The van der Waals surface area contributed by atoms with E-state index in [-0.39, 0.29) is 0 Å². The SMILES string of the molecule is CN1CCN(c2cccc(C(C#N)C=O)c2)CC1. The fraction of sp³-hybridized carbons (Fsp3) is 0.429. The Bertz CT molecular complexity index is 458. The lowest BCUT2D eigenvalue weighted by atomic mass is 10.0. The first-order valence-corrected chi connectivity index (χ1v) is 6.13. The number of hydrogen-bond donors (Lipinski definition) is 0. The molecule has 1 fully saturated rings. The summed E-state index contributed by atoms with van der Waals surface area (Å²) in [6, 6.07) is 9.75. The van der Waals surface area contributed by atoms with E-state index in [1.807, 2.05) is 30.3 Å². The summed E-state index contributed by atoms with van der Waals surface area (Å²) in [7, 11) is 2.12. The molecule has 0 amide bonds. The van der Waals surface area contributed by atoms with Crippen LogP contribution < -0.4 is 4.90 Å². The van der Waals surface area contributed by atoms with Crippen molar-refractivity contribution in [2.75, 3.05) is 38.1 Å². The minimum atomic E-state index is -0.655. The van der Waals surface area contributed by atoms with Gasteiger partial charge >= 0.3 is 0 Å². The van der Waals surface area contributed by atoms with E-state index in [1.54, 1.807) is 0 Å². The molecule has 0 radical (unpaired) electrons. The van der Waals surface area contributed by atoms with Crippen LogP contribution in [-0.4, -0.2) is 44.4 Å². The van der Waals surface area contributed by atoms with E-state index in [1.165, 1.54) is 0 Å². The largest absolute Gasteiger partial charge is 0.369 e.